The van der Waals surface area contributed by atoms with E-state index in [1.165, 1.54) is 0 Å². The topological polar surface area (TPSA) is 69.8 Å². The molecule has 2 heterocycles. The van der Waals surface area contributed by atoms with E-state index in [9.17, 15) is 4.79 Å². The Morgan fingerprint density at radius 1 is 1.53 bits per heavy atom. The van der Waals surface area contributed by atoms with Crippen molar-refractivity contribution in [3.63, 3.8) is 0 Å². The largest absolute Gasteiger partial charge is 0.316 e. The second-order valence-electron chi connectivity index (χ2n) is 6.19. The van der Waals surface area contributed by atoms with Crippen LogP contribution in [0, 0.1) is 11.3 Å². The molecule has 0 aliphatic carbocycles. The fourth-order valence-electron chi connectivity index (χ4n) is 2.19. The predicted octanol–water partition coefficient (Wildman–Crippen LogP) is 1.97. The molecule has 0 aromatic carbocycles. The maximum absolute atomic E-state index is 11.9. The van der Waals surface area contributed by atoms with Crippen LogP contribution < -0.4 is 10.6 Å². The Balaban J connectivity index is 0.00000180. The Kier molecular flexibility index (Phi) is 5.38. The van der Waals surface area contributed by atoms with E-state index in [2.05, 4.69) is 41.6 Å². The summed E-state index contributed by atoms with van der Waals surface area (Å²) in [4.78, 5) is 11.9. The van der Waals surface area contributed by atoms with Gasteiger partial charge < -0.3 is 10.6 Å². The maximum atomic E-state index is 11.9. The minimum Gasteiger partial charge on any atom is -0.316 e. The number of hydrogen-bond donors (Lipinski definition) is 3. The highest BCUT2D eigenvalue weighted by atomic mass is 35.5. The van der Waals surface area contributed by atoms with E-state index in [0.717, 1.165) is 31.6 Å². The Morgan fingerprint density at radius 3 is 2.84 bits per heavy atom. The molecule has 5 nitrogen and oxygen atoms in total. The van der Waals surface area contributed by atoms with Crippen LogP contribution in [0.25, 0.3) is 0 Å². The average molecular weight is 287 g/mol. The van der Waals surface area contributed by atoms with Crippen LogP contribution in [0.2, 0.25) is 0 Å². The number of aromatic amines is 1. The summed E-state index contributed by atoms with van der Waals surface area (Å²) in [6, 6.07) is 1.92. The SMILES string of the molecule is CC(C)(C)Cc1cc(NC(=O)C2CCNC2)n[nH]1.Cl. The summed E-state index contributed by atoms with van der Waals surface area (Å²) in [6.07, 6.45) is 1.83. The third-order valence-corrected chi connectivity index (χ3v) is 3.03. The zero-order chi connectivity index (χ0) is 13.2. The van der Waals surface area contributed by atoms with Crippen LogP contribution in [-0.4, -0.2) is 29.2 Å². The van der Waals surface area contributed by atoms with E-state index in [4.69, 9.17) is 0 Å². The van der Waals surface area contributed by atoms with Gasteiger partial charge in [-0.3, -0.25) is 9.89 Å². The summed E-state index contributed by atoms with van der Waals surface area (Å²) in [5, 5.41) is 13.2. The summed E-state index contributed by atoms with van der Waals surface area (Å²) in [5.74, 6) is 0.771. The molecule has 1 aliphatic rings. The second-order valence-corrected chi connectivity index (χ2v) is 6.19. The number of nitrogens with one attached hydrogen (secondary N) is 3. The number of H-pyrrole nitrogens is 1. The summed E-state index contributed by atoms with van der Waals surface area (Å²) in [5.41, 5.74) is 1.27. The first kappa shape index (κ1) is 16.0. The molecule has 1 amide bonds. The summed E-state index contributed by atoms with van der Waals surface area (Å²) in [6.45, 7) is 8.22. The summed E-state index contributed by atoms with van der Waals surface area (Å²) >= 11 is 0. The number of anilines is 1. The van der Waals surface area contributed by atoms with Gasteiger partial charge in [0.05, 0.1) is 5.92 Å². The smallest absolute Gasteiger partial charge is 0.230 e. The highest BCUT2D eigenvalue weighted by Crippen LogP contribution is 2.21. The van der Waals surface area contributed by atoms with Gasteiger partial charge in [0.2, 0.25) is 5.91 Å². The molecule has 0 spiro atoms. The van der Waals surface area contributed by atoms with Crippen LogP contribution in [0.1, 0.15) is 32.9 Å². The van der Waals surface area contributed by atoms with E-state index >= 15 is 0 Å². The Bertz CT molecular complexity index is 419. The molecule has 1 aromatic heterocycles. The fourth-order valence-corrected chi connectivity index (χ4v) is 2.19. The van der Waals surface area contributed by atoms with Gasteiger partial charge in [-0.25, -0.2) is 0 Å². The van der Waals surface area contributed by atoms with Gasteiger partial charge in [-0.15, -0.1) is 12.4 Å². The lowest BCUT2D eigenvalue weighted by Gasteiger charge is -2.15. The molecule has 2 rings (SSSR count). The Labute approximate surface area is 120 Å². The molecular weight excluding hydrogens is 264 g/mol. The van der Waals surface area contributed by atoms with Gasteiger partial charge in [0.1, 0.15) is 0 Å². The number of hydrogen-bond acceptors (Lipinski definition) is 3. The van der Waals surface area contributed by atoms with E-state index in [1.54, 1.807) is 0 Å². The van der Waals surface area contributed by atoms with Crippen molar-refractivity contribution < 1.29 is 4.79 Å². The monoisotopic (exact) mass is 286 g/mol. The fraction of sp³-hybridized carbons (Fsp3) is 0.692. The first-order valence-corrected chi connectivity index (χ1v) is 6.50. The molecule has 1 atom stereocenters. The van der Waals surface area contributed by atoms with E-state index in [0.29, 0.717) is 5.82 Å². The van der Waals surface area contributed by atoms with E-state index < -0.39 is 0 Å². The molecular formula is C13H23ClN4O. The molecule has 108 valence electrons. The van der Waals surface area contributed by atoms with Crippen LogP contribution in [0.15, 0.2) is 6.07 Å². The third kappa shape index (κ3) is 4.84. The molecule has 1 aliphatic heterocycles. The zero-order valence-electron chi connectivity index (χ0n) is 11.7. The average Bonchev–Trinajstić information content (AvgIpc) is 2.86. The number of nitrogens with zero attached hydrogens (tertiary/aromatic N) is 1. The maximum Gasteiger partial charge on any atom is 0.230 e. The molecule has 1 saturated heterocycles. The molecule has 1 fully saturated rings. The van der Waals surface area contributed by atoms with Gasteiger partial charge in [0.15, 0.2) is 5.82 Å². The number of aromatic nitrogens is 2. The first-order chi connectivity index (χ1) is 8.44. The number of carbonyl (C=O) groups is 1. The van der Waals surface area contributed by atoms with E-state index in [-0.39, 0.29) is 29.6 Å². The molecule has 3 N–H and O–H groups in total. The van der Waals surface area contributed by atoms with Crippen molar-refractivity contribution in [2.24, 2.45) is 11.3 Å². The number of amides is 1. The van der Waals surface area contributed by atoms with E-state index in [1.807, 2.05) is 6.07 Å². The number of halogens is 1. The van der Waals surface area contributed by atoms with Crippen LogP contribution in [-0.2, 0) is 11.2 Å². The minimum absolute atomic E-state index is 0. The van der Waals surface area contributed by atoms with Gasteiger partial charge in [-0.2, -0.15) is 5.10 Å². The number of carbonyl (C=O) groups excluding carboxylic acids is 1. The van der Waals surface area contributed by atoms with Crippen molar-refractivity contribution in [1.82, 2.24) is 15.5 Å². The molecule has 0 saturated carbocycles. The second kappa shape index (κ2) is 6.39. The standard InChI is InChI=1S/C13H22N4O.ClH/c1-13(2,3)7-10-6-11(17-16-10)15-12(18)9-4-5-14-8-9;/h6,9,14H,4-5,7-8H2,1-3H3,(H2,15,16,17,18);1H. The van der Waals surface area contributed by atoms with Gasteiger partial charge >= 0.3 is 0 Å². The van der Waals surface area contributed by atoms with Crippen molar-refractivity contribution >= 4 is 24.1 Å². The molecule has 0 radical (unpaired) electrons. The Hall–Kier alpha value is -1.07. The van der Waals surface area contributed by atoms with Crippen molar-refractivity contribution in [2.75, 3.05) is 18.4 Å². The van der Waals surface area contributed by atoms with Gasteiger partial charge in [-0.1, -0.05) is 20.8 Å². The third-order valence-electron chi connectivity index (χ3n) is 3.03. The molecule has 19 heavy (non-hydrogen) atoms. The predicted molar refractivity (Wildman–Crippen MR) is 78.6 cm³/mol. The molecule has 1 unspecified atom stereocenters. The van der Waals surface area contributed by atoms with Gasteiger partial charge in [-0.05, 0) is 24.8 Å². The Morgan fingerprint density at radius 2 is 2.26 bits per heavy atom. The van der Waals surface area contributed by atoms with Crippen LogP contribution in [0.4, 0.5) is 5.82 Å². The lowest BCUT2D eigenvalue weighted by Crippen LogP contribution is -2.24. The summed E-state index contributed by atoms with van der Waals surface area (Å²) < 4.78 is 0. The lowest BCUT2D eigenvalue weighted by molar-refractivity contribution is -0.119. The number of rotatable bonds is 3. The minimum atomic E-state index is 0. The van der Waals surface area contributed by atoms with Crippen molar-refractivity contribution in [3.05, 3.63) is 11.8 Å². The molecule has 1 aromatic rings. The normalized spacial score (nSPS) is 19.0. The first-order valence-electron chi connectivity index (χ1n) is 6.50. The highest BCUT2D eigenvalue weighted by molar-refractivity contribution is 5.92. The summed E-state index contributed by atoms with van der Waals surface area (Å²) in [7, 11) is 0. The van der Waals surface area contributed by atoms with Gasteiger partial charge in [0.25, 0.3) is 0 Å². The van der Waals surface area contributed by atoms with Crippen LogP contribution in [0.3, 0.4) is 0 Å². The quantitative estimate of drug-likeness (QED) is 0.796. The van der Waals surface area contributed by atoms with Crippen molar-refractivity contribution in [1.29, 1.82) is 0 Å². The van der Waals surface area contributed by atoms with Crippen LogP contribution >= 0.6 is 12.4 Å². The van der Waals surface area contributed by atoms with Crippen LogP contribution in [0.5, 0.6) is 0 Å². The molecule has 6 heteroatoms. The molecule has 0 bridgehead atoms. The van der Waals surface area contributed by atoms with Gasteiger partial charge in [0, 0.05) is 18.3 Å². The lowest BCUT2D eigenvalue weighted by atomic mass is 9.91. The zero-order valence-corrected chi connectivity index (χ0v) is 12.6. The highest BCUT2D eigenvalue weighted by Gasteiger charge is 2.23. The van der Waals surface area contributed by atoms with Crippen molar-refractivity contribution in [2.45, 2.75) is 33.6 Å². The van der Waals surface area contributed by atoms with Crippen molar-refractivity contribution in [3.8, 4) is 0 Å².